The van der Waals surface area contributed by atoms with Gasteiger partial charge in [-0.05, 0) is 73.7 Å². The zero-order valence-electron chi connectivity index (χ0n) is 10.8. The molecular formula is C16H23N. The Balaban J connectivity index is 1.86. The molecule has 1 aromatic carbocycles. The molecule has 1 nitrogen and oxygen atoms in total. The van der Waals surface area contributed by atoms with Crippen molar-refractivity contribution in [2.45, 2.75) is 50.9 Å². The van der Waals surface area contributed by atoms with Gasteiger partial charge < -0.3 is 5.32 Å². The lowest BCUT2D eigenvalue weighted by Gasteiger charge is -2.24. The number of piperidine rings is 1. The topological polar surface area (TPSA) is 12.0 Å². The number of rotatable bonds is 3. The second-order valence-corrected chi connectivity index (χ2v) is 5.61. The average molecular weight is 229 g/mol. The first-order valence-electron chi connectivity index (χ1n) is 7.22. The van der Waals surface area contributed by atoms with Gasteiger partial charge in [-0.1, -0.05) is 25.1 Å². The molecule has 17 heavy (non-hydrogen) atoms. The first-order valence-corrected chi connectivity index (χ1v) is 7.22. The zero-order chi connectivity index (χ0) is 11.7. The third-order valence-electron chi connectivity index (χ3n) is 4.38. The molecule has 1 N–H and O–H groups in total. The summed E-state index contributed by atoms with van der Waals surface area (Å²) in [7, 11) is 0. The fourth-order valence-corrected chi connectivity index (χ4v) is 3.12. The Hall–Kier alpha value is -0.820. The molecule has 0 radical (unpaired) electrons. The Morgan fingerprint density at radius 3 is 2.47 bits per heavy atom. The summed E-state index contributed by atoms with van der Waals surface area (Å²) >= 11 is 0. The molecule has 92 valence electrons. The minimum absolute atomic E-state index is 0.805. The van der Waals surface area contributed by atoms with Crippen molar-refractivity contribution in [3.8, 4) is 0 Å². The number of hydrogen-bond donors (Lipinski definition) is 1. The Labute approximate surface area is 105 Å². The monoisotopic (exact) mass is 229 g/mol. The van der Waals surface area contributed by atoms with Crippen LogP contribution in [0, 0.1) is 0 Å². The summed E-state index contributed by atoms with van der Waals surface area (Å²) in [6.07, 6.45) is 6.66. The van der Waals surface area contributed by atoms with Crippen LogP contribution in [0.25, 0.3) is 0 Å². The lowest BCUT2D eigenvalue weighted by atomic mass is 9.87. The van der Waals surface area contributed by atoms with E-state index in [0.29, 0.717) is 0 Å². The van der Waals surface area contributed by atoms with Gasteiger partial charge in [-0.15, -0.1) is 0 Å². The standard InChI is InChI=1S/C16H23N/c1-2-12-3-6-15(11-16(12)14-4-5-14)13-7-9-17-10-8-13/h3,6,11,13-14,17H,2,4-5,7-10H2,1H3. The van der Waals surface area contributed by atoms with Gasteiger partial charge in [-0.25, -0.2) is 0 Å². The second-order valence-electron chi connectivity index (χ2n) is 5.61. The van der Waals surface area contributed by atoms with E-state index in [2.05, 4.69) is 30.4 Å². The summed E-state index contributed by atoms with van der Waals surface area (Å²) in [5, 5.41) is 3.46. The van der Waals surface area contributed by atoms with E-state index < -0.39 is 0 Å². The highest BCUT2D eigenvalue weighted by molar-refractivity contribution is 5.38. The summed E-state index contributed by atoms with van der Waals surface area (Å²) in [4.78, 5) is 0. The minimum Gasteiger partial charge on any atom is -0.317 e. The number of benzene rings is 1. The van der Waals surface area contributed by atoms with Gasteiger partial charge in [0.15, 0.2) is 0 Å². The largest absolute Gasteiger partial charge is 0.317 e. The van der Waals surface area contributed by atoms with Gasteiger partial charge in [0.1, 0.15) is 0 Å². The Bertz CT molecular complexity index is 387. The molecule has 0 aromatic heterocycles. The number of hydrogen-bond acceptors (Lipinski definition) is 1. The molecule has 1 saturated heterocycles. The first-order chi connectivity index (χ1) is 8.38. The van der Waals surface area contributed by atoms with E-state index in [1.54, 1.807) is 16.7 Å². The van der Waals surface area contributed by atoms with Gasteiger partial charge in [0.2, 0.25) is 0 Å². The van der Waals surface area contributed by atoms with Crippen molar-refractivity contribution in [1.82, 2.24) is 5.32 Å². The van der Waals surface area contributed by atoms with Gasteiger partial charge in [0, 0.05) is 0 Å². The van der Waals surface area contributed by atoms with Gasteiger partial charge in [-0.3, -0.25) is 0 Å². The smallest absolute Gasteiger partial charge is 0.00431 e. The maximum absolute atomic E-state index is 3.46. The highest BCUT2D eigenvalue weighted by atomic mass is 14.9. The van der Waals surface area contributed by atoms with E-state index in [1.165, 1.54) is 45.2 Å². The Morgan fingerprint density at radius 2 is 1.82 bits per heavy atom. The van der Waals surface area contributed by atoms with Crippen molar-refractivity contribution in [3.63, 3.8) is 0 Å². The van der Waals surface area contributed by atoms with Crippen LogP contribution in [0.15, 0.2) is 18.2 Å². The fourth-order valence-electron chi connectivity index (χ4n) is 3.12. The van der Waals surface area contributed by atoms with Crippen LogP contribution in [0.2, 0.25) is 0 Å². The van der Waals surface area contributed by atoms with Crippen LogP contribution in [-0.4, -0.2) is 13.1 Å². The van der Waals surface area contributed by atoms with Crippen LogP contribution in [0.1, 0.15) is 61.1 Å². The fraction of sp³-hybridized carbons (Fsp3) is 0.625. The van der Waals surface area contributed by atoms with E-state index in [9.17, 15) is 0 Å². The zero-order valence-corrected chi connectivity index (χ0v) is 10.8. The lowest BCUT2D eigenvalue weighted by Crippen LogP contribution is -2.26. The van der Waals surface area contributed by atoms with Gasteiger partial charge in [-0.2, -0.15) is 0 Å². The maximum atomic E-state index is 3.46. The molecule has 1 aromatic rings. The first kappa shape index (κ1) is 11.3. The van der Waals surface area contributed by atoms with E-state index in [1.807, 2.05) is 0 Å². The predicted octanol–water partition coefficient (Wildman–Crippen LogP) is 3.59. The van der Waals surface area contributed by atoms with Crippen molar-refractivity contribution in [2.24, 2.45) is 0 Å². The number of aryl methyl sites for hydroxylation is 1. The third-order valence-corrected chi connectivity index (χ3v) is 4.38. The van der Waals surface area contributed by atoms with Gasteiger partial charge >= 0.3 is 0 Å². The van der Waals surface area contributed by atoms with Gasteiger partial charge in [0.25, 0.3) is 0 Å². The van der Waals surface area contributed by atoms with Gasteiger partial charge in [0.05, 0.1) is 0 Å². The second kappa shape index (κ2) is 4.81. The Kier molecular flexibility index (Phi) is 3.19. The van der Waals surface area contributed by atoms with Crippen molar-refractivity contribution < 1.29 is 0 Å². The Morgan fingerprint density at radius 1 is 1.06 bits per heavy atom. The predicted molar refractivity (Wildman–Crippen MR) is 72.6 cm³/mol. The molecule has 0 atom stereocenters. The van der Waals surface area contributed by atoms with E-state index in [0.717, 1.165) is 11.8 Å². The van der Waals surface area contributed by atoms with Crippen LogP contribution in [0.3, 0.4) is 0 Å². The molecule has 2 aliphatic rings. The molecule has 0 spiro atoms. The summed E-state index contributed by atoms with van der Waals surface area (Å²) in [5.41, 5.74) is 4.86. The summed E-state index contributed by atoms with van der Waals surface area (Å²) in [6, 6.07) is 7.32. The van der Waals surface area contributed by atoms with Crippen LogP contribution in [0.5, 0.6) is 0 Å². The summed E-state index contributed by atoms with van der Waals surface area (Å²) < 4.78 is 0. The molecule has 2 fully saturated rings. The molecule has 0 unspecified atom stereocenters. The van der Waals surface area contributed by atoms with E-state index in [-0.39, 0.29) is 0 Å². The quantitative estimate of drug-likeness (QED) is 0.835. The van der Waals surface area contributed by atoms with Crippen LogP contribution in [0.4, 0.5) is 0 Å². The maximum Gasteiger partial charge on any atom is -0.00431 e. The van der Waals surface area contributed by atoms with Crippen molar-refractivity contribution in [3.05, 3.63) is 34.9 Å². The van der Waals surface area contributed by atoms with Crippen LogP contribution >= 0.6 is 0 Å². The molecular weight excluding hydrogens is 206 g/mol. The lowest BCUT2D eigenvalue weighted by molar-refractivity contribution is 0.460. The van der Waals surface area contributed by atoms with Crippen molar-refractivity contribution in [2.75, 3.05) is 13.1 Å². The SMILES string of the molecule is CCc1ccc(C2CCNCC2)cc1C1CC1. The minimum atomic E-state index is 0.805. The van der Waals surface area contributed by atoms with E-state index >= 15 is 0 Å². The molecule has 0 amide bonds. The summed E-state index contributed by atoms with van der Waals surface area (Å²) in [5.74, 6) is 1.70. The van der Waals surface area contributed by atoms with Crippen LogP contribution < -0.4 is 5.32 Å². The molecule has 0 bridgehead atoms. The van der Waals surface area contributed by atoms with E-state index in [4.69, 9.17) is 0 Å². The highest BCUT2D eigenvalue weighted by Gasteiger charge is 2.26. The van der Waals surface area contributed by atoms with Crippen molar-refractivity contribution >= 4 is 0 Å². The summed E-state index contributed by atoms with van der Waals surface area (Å²) in [6.45, 7) is 4.67. The molecule has 1 saturated carbocycles. The molecule has 1 heteroatoms. The molecule has 1 aliphatic heterocycles. The molecule has 3 rings (SSSR count). The third kappa shape index (κ3) is 2.40. The average Bonchev–Trinajstić information content (AvgIpc) is 3.23. The molecule has 1 aliphatic carbocycles. The number of nitrogens with one attached hydrogen (secondary N) is 1. The molecule has 1 heterocycles. The normalized spacial score (nSPS) is 21.7. The van der Waals surface area contributed by atoms with Crippen molar-refractivity contribution in [1.29, 1.82) is 0 Å². The van der Waals surface area contributed by atoms with Crippen LogP contribution in [-0.2, 0) is 6.42 Å². The highest BCUT2D eigenvalue weighted by Crippen LogP contribution is 2.43.